The Morgan fingerprint density at radius 2 is 1.57 bits per heavy atom. The van der Waals surface area contributed by atoms with Gasteiger partial charge >= 0.3 is 5.97 Å². The van der Waals surface area contributed by atoms with E-state index in [-0.39, 0.29) is 11.4 Å². The first-order valence-electron chi connectivity index (χ1n) is 8.36. The summed E-state index contributed by atoms with van der Waals surface area (Å²) >= 11 is 0. The average molecular weight is 335 g/mol. The zero-order valence-corrected chi connectivity index (χ0v) is 16.0. The van der Waals surface area contributed by atoms with E-state index in [4.69, 9.17) is 4.74 Å². The predicted octanol–water partition coefficient (Wildman–Crippen LogP) is 6.10. The second kappa shape index (κ2) is 13.8. The van der Waals surface area contributed by atoms with E-state index < -0.39 is 0 Å². The van der Waals surface area contributed by atoms with Crippen molar-refractivity contribution in [1.82, 2.24) is 0 Å². The summed E-state index contributed by atoms with van der Waals surface area (Å²) in [7, 11) is 3.74. The molecule has 0 amide bonds. The second-order valence-corrected chi connectivity index (χ2v) is 9.39. The average Bonchev–Trinajstić information content (AvgIpc) is 2.42. The van der Waals surface area contributed by atoms with Gasteiger partial charge < -0.3 is 4.74 Å². The van der Waals surface area contributed by atoms with Gasteiger partial charge in [-0.25, -0.2) is 0 Å². The van der Waals surface area contributed by atoms with Crippen LogP contribution in [0.15, 0.2) is 0 Å². The molecule has 0 aromatic carbocycles. The van der Waals surface area contributed by atoms with Crippen LogP contribution in [0.1, 0.15) is 79.1 Å². The van der Waals surface area contributed by atoms with Crippen LogP contribution in [0.3, 0.4) is 0 Å². The molecule has 0 aromatic heterocycles. The van der Waals surface area contributed by atoms with Crippen molar-refractivity contribution in [3.63, 3.8) is 0 Å². The number of unbranched alkanes of at least 4 members (excludes halogenated alkanes) is 5. The third-order valence-electron chi connectivity index (χ3n) is 3.17. The van der Waals surface area contributed by atoms with Crippen LogP contribution in [0.25, 0.3) is 0 Å². The molecule has 0 aliphatic heterocycles. The molecule has 0 heterocycles. The van der Waals surface area contributed by atoms with E-state index in [2.05, 4.69) is 27.7 Å². The molecule has 0 aliphatic carbocycles. The van der Waals surface area contributed by atoms with Gasteiger partial charge in [0.15, 0.2) is 0 Å². The minimum absolute atomic E-state index is 0.0496. The van der Waals surface area contributed by atoms with Crippen molar-refractivity contribution in [2.75, 3.05) is 18.1 Å². The quantitative estimate of drug-likeness (QED) is 0.231. The van der Waals surface area contributed by atoms with Crippen molar-refractivity contribution < 1.29 is 9.53 Å². The summed E-state index contributed by atoms with van der Waals surface area (Å²) in [6.45, 7) is 9.25. The Kier molecular flexibility index (Phi) is 13.9. The Hall–Kier alpha value is 0.170. The lowest BCUT2D eigenvalue weighted by atomic mass is 9.91. The molecule has 0 rings (SSSR count). The van der Waals surface area contributed by atoms with E-state index in [1.54, 1.807) is 0 Å². The van der Waals surface area contributed by atoms with E-state index in [1.807, 2.05) is 21.6 Å². The number of ether oxygens (including phenoxy) is 1. The first-order valence-corrected chi connectivity index (χ1v) is 10.8. The van der Waals surface area contributed by atoms with Gasteiger partial charge in [0.1, 0.15) is 6.61 Å². The van der Waals surface area contributed by atoms with Crippen LogP contribution in [0.4, 0.5) is 0 Å². The Bertz CT molecular complexity index is 250. The molecule has 126 valence electrons. The third-order valence-corrected chi connectivity index (χ3v) is 5.63. The standard InChI is InChI=1S/C17H34O2S2/c1-5-6-7-8-9-10-14-20-21-15-13-19-16(18)11-12-17(2,3)4/h5-15H2,1-4H3. The van der Waals surface area contributed by atoms with Gasteiger partial charge in [-0.05, 0) is 18.3 Å². The SMILES string of the molecule is CCCCCCCCSSCCOC(=O)CCC(C)(C)C. The molecule has 0 fully saturated rings. The van der Waals surface area contributed by atoms with Crippen LogP contribution in [-0.2, 0) is 9.53 Å². The Morgan fingerprint density at radius 3 is 2.24 bits per heavy atom. The fourth-order valence-electron chi connectivity index (χ4n) is 1.80. The monoisotopic (exact) mass is 334 g/mol. The van der Waals surface area contributed by atoms with Crippen molar-refractivity contribution in [3.8, 4) is 0 Å². The summed E-state index contributed by atoms with van der Waals surface area (Å²) in [6, 6.07) is 0. The van der Waals surface area contributed by atoms with Gasteiger partial charge in [0, 0.05) is 17.9 Å². The number of rotatable bonds is 13. The lowest BCUT2D eigenvalue weighted by molar-refractivity contribution is -0.143. The van der Waals surface area contributed by atoms with Crippen molar-refractivity contribution >= 4 is 27.6 Å². The minimum atomic E-state index is -0.0496. The van der Waals surface area contributed by atoms with Crippen LogP contribution in [0.5, 0.6) is 0 Å². The van der Waals surface area contributed by atoms with Crippen molar-refractivity contribution in [2.24, 2.45) is 5.41 Å². The fourth-order valence-corrected chi connectivity index (χ4v) is 3.77. The predicted molar refractivity (Wildman–Crippen MR) is 97.9 cm³/mol. The fraction of sp³-hybridized carbons (Fsp3) is 0.941. The largest absolute Gasteiger partial charge is 0.465 e. The highest BCUT2D eigenvalue weighted by atomic mass is 33.1. The molecule has 0 saturated carbocycles. The van der Waals surface area contributed by atoms with Crippen LogP contribution in [0, 0.1) is 5.41 Å². The van der Waals surface area contributed by atoms with E-state index in [0.717, 1.165) is 12.2 Å². The number of carbonyl (C=O) groups excluding carboxylic acids is 1. The molecule has 0 aliphatic rings. The molecule has 0 saturated heterocycles. The minimum Gasteiger partial charge on any atom is -0.465 e. The van der Waals surface area contributed by atoms with Gasteiger partial charge in [-0.15, -0.1) is 0 Å². The Labute approximate surface area is 139 Å². The maximum Gasteiger partial charge on any atom is 0.305 e. The van der Waals surface area contributed by atoms with Crippen LogP contribution in [-0.4, -0.2) is 24.1 Å². The number of hydrogen-bond acceptors (Lipinski definition) is 4. The van der Waals surface area contributed by atoms with Crippen molar-refractivity contribution in [2.45, 2.75) is 79.1 Å². The van der Waals surface area contributed by atoms with Crippen molar-refractivity contribution in [1.29, 1.82) is 0 Å². The lowest BCUT2D eigenvalue weighted by Gasteiger charge is -2.16. The molecule has 4 heteroatoms. The van der Waals surface area contributed by atoms with E-state index >= 15 is 0 Å². The highest BCUT2D eigenvalue weighted by Gasteiger charge is 2.13. The molecular formula is C17H34O2S2. The maximum absolute atomic E-state index is 11.5. The van der Waals surface area contributed by atoms with Gasteiger partial charge in [0.05, 0.1) is 0 Å². The summed E-state index contributed by atoms with van der Waals surface area (Å²) in [4.78, 5) is 11.5. The summed E-state index contributed by atoms with van der Waals surface area (Å²) in [5.41, 5.74) is 0.209. The van der Waals surface area contributed by atoms with Crippen molar-refractivity contribution in [3.05, 3.63) is 0 Å². The zero-order chi connectivity index (χ0) is 16.0. The summed E-state index contributed by atoms with van der Waals surface area (Å²) in [5, 5.41) is 0. The van der Waals surface area contributed by atoms with Gasteiger partial charge in [-0.1, -0.05) is 81.4 Å². The lowest BCUT2D eigenvalue weighted by Crippen LogP contribution is -2.12. The molecule has 21 heavy (non-hydrogen) atoms. The van der Waals surface area contributed by atoms with Crippen LogP contribution in [0.2, 0.25) is 0 Å². The molecule has 0 atom stereocenters. The normalized spacial score (nSPS) is 11.6. The second-order valence-electron chi connectivity index (χ2n) is 6.69. The van der Waals surface area contributed by atoms with Gasteiger partial charge in [-0.3, -0.25) is 4.79 Å². The van der Waals surface area contributed by atoms with Crippen LogP contribution >= 0.6 is 21.6 Å². The number of esters is 1. The molecule has 0 bridgehead atoms. The molecule has 2 nitrogen and oxygen atoms in total. The topological polar surface area (TPSA) is 26.3 Å². The Morgan fingerprint density at radius 1 is 0.952 bits per heavy atom. The number of hydrogen-bond donors (Lipinski definition) is 0. The van der Waals surface area contributed by atoms with Crippen LogP contribution < -0.4 is 0 Å². The molecular weight excluding hydrogens is 300 g/mol. The molecule has 0 unspecified atom stereocenters. The Balaban J connectivity index is 3.20. The highest BCUT2D eigenvalue weighted by Crippen LogP contribution is 2.23. The van der Waals surface area contributed by atoms with E-state index in [9.17, 15) is 4.79 Å². The summed E-state index contributed by atoms with van der Waals surface area (Å²) in [6.07, 6.45) is 9.57. The van der Waals surface area contributed by atoms with E-state index in [0.29, 0.717) is 13.0 Å². The highest BCUT2D eigenvalue weighted by molar-refractivity contribution is 8.76. The van der Waals surface area contributed by atoms with Gasteiger partial charge in [-0.2, -0.15) is 0 Å². The molecule has 0 radical (unpaired) electrons. The van der Waals surface area contributed by atoms with Gasteiger partial charge in [0.25, 0.3) is 0 Å². The smallest absolute Gasteiger partial charge is 0.305 e. The zero-order valence-electron chi connectivity index (χ0n) is 14.4. The number of carbonyl (C=O) groups is 1. The molecule has 0 spiro atoms. The third kappa shape index (κ3) is 18.1. The maximum atomic E-state index is 11.5. The first kappa shape index (κ1) is 21.2. The molecule has 0 N–H and O–H groups in total. The first-order chi connectivity index (χ1) is 9.95. The summed E-state index contributed by atoms with van der Waals surface area (Å²) in [5.74, 6) is 2.07. The summed E-state index contributed by atoms with van der Waals surface area (Å²) < 4.78 is 5.24. The van der Waals surface area contributed by atoms with Gasteiger partial charge in [0.2, 0.25) is 0 Å². The molecule has 0 aromatic rings. The van der Waals surface area contributed by atoms with E-state index in [1.165, 1.54) is 44.3 Å².